The first-order valence-electron chi connectivity index (χ1n) is 14.4. The van der Waals surface area contributed by atoms with E-state index in [0.717, 1.165) is 75.2 Å². The number of nitrogens with two attached hydrogens (primary N) is 1. The van der Waals surface area contributed by atoms with Gasteiger partial charge in [-0.15, -0.1) is 10.2 Å². The van der Waals surface area contributed by atoms with Crippen molar-refractivity contribution in [2.75, 3.05) is 35.2 Å². The van der Waals surface area contributed by atoms with E-state index in [1.54, 1.807) is 12.1 Å². The van der Waals surface area contributed by atoms with Crippen molar-refractivity contribution >= 4 is 23.4 Å². The van der Waals surface area contributed by atoms with Crippen LogP contribution in [0.3, 0.4) is 0 Å². The predicted molar refractivity (Wildman–Crippen MR) is 153 cm³/mol. The molecule has 2 saturated heterocycles. The van der Waals surface area contributed by atoms with E-state index in [9.17, 15) is 9.90 Å². The summed E-state index contributed by atoms with van der Waals surface area (Å²) in [6, 6.07) is 9.62. The van der Waals surface area contributed by atoms with Crippen LogP contribution in [-0.4, -0.2) is 63.0 Å². The largest absolute Gasteiger partial charge is 0.507 e. The van der Waals surface area contributed by atoms with E-state index in [4.69, 9.17) is 20.4 Å². The van der Waals surface area contributed by atoms with Crippen LogP contribution in [0.4, 0.5) is 17.5 Å². The molecule has 3 aromatic rings. The van der Waals surface area contributed by atoms with E-state index < -0.39 is 0 Å². The summed E-state index contributed by atoms with van der Waals surface area (Å²) in [6.45, 7) is 3.90. The molecule has 0 radical (unpaired) electrons. The number of carbonyl (C=O) groups is 1. The fraction of sp³-hybridized carbons (Fsp3) is 0.500. The van der Waals surface area contributed by atoms with Gasteiger partial charge in [-0.2, -0.15) is 0 Å². The fourth-order valence-corrected chi connectivity index (χ4v) is 6.68. The molecule has 210 valence electrons. The van der Waals surface area contributed by atoms with Crippen LogP contribution in [0.5, 0.6) is 5.75 Å². The zero-order valence-electron chi connectivity index (χ0n) is 22.9. The van der Waals surface area contributed by atoms with E-state index in [-0.39, 0.29) is 29.7 Å². The highest BCUT2D eigenvalue weighted by atomic mass is 16.5. The average molecular weight is 544 g/mol. The molecular weight excluding hydrogens is 506 g/mol. The number of aromatic hydroxyl groups is 1. The summed E-state index contributed by atoms with van der Waals surface area (Å²) in [5.41, 5.74) is 9.52. The van der Waals surface area contributed by atoms with Crippen molar-refractivity contribution < 1.29 is 14.6 Å². The summed E-state index contributed by atoms with van der Waals surface area (Å²) < 4.78 is 5.21. The lowest BCUT2D eigenvalue weighted by molar-refractivity contribution is -0.149. The molecule has 1 aliphatic carbocycles. The molecule has 0 unspecified atom stereocenters. The first-order valence-corrected chi connectivity index (χ1v) is 14.4. The highest BCUT2D eigenvalue weighted by Crippen LogP contribution is 2.38. The smallest absolute Gasteiger partial charge is 0.308 e. The maximum Gasteiger partial charge on any atom is 0.308 e. The molecule has 3 fully saturated rings. The predicted octanol–water partition coefficient (Wildman–Crippen LogP) is 3.99. The third kappa shape index (κ3) is 5.26. The summed E-state index contributed by atoms with van der Waals surface area (Å²) >= 11 is 0. The van der Waals surface area contributed by atoms with Gasteiger partial charge in [-0.3, -0.25) is 4.79 Å². The summed E-state index contributed by atoms with van der Waals surface area (Å²) in [5.74, 6) is 1.92. The number of anilines is 3. The van der Waals surface area contributed by atoms with Crippen LogP contribution in [0.25, 0.3) is 11.3 Å². The molecule has 2 bridgehead atoms. The molecule has 0 spiro atoms. The van der Waals surface area contributed by atoms with Crippen LogP contribution in [0.2, 0.25) is 0 Å². The molecule has 2 aromatic heterocycles. The molecular formula is C30H37N7O3. The van der Waals surface area contributed by atoms with Gasteiger partial charge in [0.2, 0.25) is 5.95 Å². The van der Waals surface area contributed by atoms with Crippen LogP contribution in [0.1, 0.15) is 51.0 Å². The van der Waals surface area contributed by atoms with Crippen molar-refractivity contribution in [1.82, 2.24) is 20.2 Å². The molecule has 2 aliphatic heterocycles. The maximum absolute atomic E-state index is 12.0. The third-order valence-electron chi connectivity index (χ3n) is 8.72. The number of benzene rings is 1. The second kappa shape index (κ2) is 11.3. The Kier molecular flexibility index (Phi) is 7.40. The number of para-hydroxylation sites is 1. The summed E-state index contributed by atoms with van der Waals surface area (Å²) in [4.78, 5) is 26.3. The van der Waals surface area contributed by atoms with E-state index >= 15 is 0 Å². The minimum absolute atomic E-state index is 0.0397. The standard InChI is InChI=1S/C30H37N7O3/c1-2-40-29(39)21-9-7-19(8-10-21)13-20-15-32-30(33-16-20)37-22-11-12-23(37)18-36(17-22)26-14-25(34-35-28(26)31)24-5-3-4-6-27(24)38/h3-6,14-16,19,21-23,38H,2,7-13,17-18H2,1H3,(H2,31,35)/t19?,21?,22-,23-/m1/s1. The zero-order valence-corrected chi connectivity index (χ0v) is 22.9. The summed E-state index contributed by atoms with van der Waals surface area (Å²) in [7, 11) is 0. The topological polar surface area (TPSA) is 131 Å². The van der Waals surface area contributed by atoms with Crippen molar-refractivity contribution in [2.24, 2.45) is 11.8 Å². The SMILES string of the molecule is CCOC(=O)C1CCC(Cc2cnc(N3[C@@H]4CC[C@@H]3CN(c3cc(-c5ccccc5O)nnc3N)C4)nc2)CC1. The quantitative estimate of drug-likeness (QED) is 0.422. The number of phenolic OH excluding ortho intramolecular Hbond substituents is 1. The maximum atomic E-state index is 12.0. The minimum Gasteiger partial charge on any atom is -0.507 e. The number of aromatic nitrogens is 4. The highest BCUT2D eigenvalue weighted by molar-refractivity contribution is 5.74. The second-order valence-electron chi connectivity index (χ2n) is 11.3. The van der Waals surface area contributed by atoms with Gasteiger partial charge in [0, 0.05) is 43.1 Å². The Morgan fingerprint density at radius 1 is 1.02 bits per heavy atom. The molecule has 3 aliphatic rings. The number of fused-ring (bicyclic) bond motifs is 2. The Balaban J connectivity index is 1.10. The second-order valence-corrected chi connectivity index (χ2v) is 11.3. The molecule has 0 amide bonds. The molecule has 4 heterocycles. The zero-order chi connectivity index (χ0) is 27.6. The van der Waals surface area contributed by atoms with Crippen molar-refractivity contribution in [3.63, 3.8) is 0 Å². The van der Waals surface area contributed by atoms with Gasteiger partial charge in [0.15, 0.2) is 5.82 Å². The summed E-state index contributed by atoms with van der Waals surface area (Å²) in [6.07, 6.45) is 10.9. The van der Waals surface area contributed by atoms with Crippen LogP contribution in [-0.2, 0) is 16.0 Å². The molecule has 2 atom stereocenters. The van der Waals surface area contributed by atoms with Gasteiger partial charge < -0.3 is 25.4 Å². The first kappa shape index (κ1) is 26.3. The molecule has 10 nitrogen and oxygen atoms in total. The highest BCUT2D eigenvalue weighted by Gasteiger charge is 2.42. The Hall–Kier alpha value is -3.95. The number of phenols is 1. The number of hydrogen-bond acceptors (Lipinski definition) is 10. The molecule has 6 rings (SSSR count). The van der Waals surface area contributed by atoms with Gasteiger partial charge in [-0.25, -0.2) is 9.97 Å². The van der Waals surface area contributed by atoms with Crippen LogP contribution < -0.4 is 15.5 Å². The van der Waals surface area contributed by atoms with Crippen LogP contribution in [0, 0.1) is 11.8 Å². The third-order valence-corrected chi connectivity index (χ3v) is 8.72. The van der Waals surface area contributed by atoms with E-state index in [1.807, 2.05) is 37.5 Å². The van der Waals surface area contributed by atoms with Crippen LogP contribution in [0.15, 0.2) is 42.7 Å². The number of rotatable bonds is 7. The fourth-order valence-electron chi connectivity index (χ4n) is 6.68. The number of esters is 1. The molecule has 1 saturated carbocycles. The number of hydrogen-bond donors (Lipinski definition) is 2. The normalized spacial score (nSPS) is 24.2. The molecule has 3 N–H and O–H groups in total. The first-order chi connectivity index (χ1) is 19.5. The van der Waals surface area contributed by atoms with Gasteiger partial charge in [-0.05, 0) is 81.5 Å². The van der Waals surface area contributed by atoms with Crippen molar-refractivity contribution in [3.8, 4) is 17.0 Å². The lowest BCUT2D eigenvalue weighted by atomic mass is 9.79. The van der Waals surface area contributed by atoms with Crippen LogP contribution >= 0.6 is 0 Å². The van der Waals surface area contributed by atoms with Crippen molar-refractivity contribution in [1.29, 1.82) is 0 Å². The average Bonchev–Trinajstić information content (AvgIpc) is 3.23. The van der Waals surface area contributed by atoms with E-state index in [2.05, 4.69) is 20.0 Å². The minimum atomic E-state index is -0.0397. The Bertz CT molecular complexity index is 1330. The van der Waals surface area contributed by atoms with E-state index in [0.29, 0.717) is 29.6 Å². The van der Waals surface area contributed by atoms with Crippen molar-refractivity contribution in [2.45, 2.75) is 64.0 Å². The van der Waals surface area contributed by atoms with Gasteiger partial charge >= 0.3 is 5.97 Å². The van der Waals surface area contributed by atoms with Gasteiger partial charge in [0.1, 0.15) is 5.75 Å². The lowest BCUT2D eigenvalue weighted by Crippen LogP contribution is -2.54. The summed E-state index contributed by atoms with van der Waals surface area (Å²) in [5, 5.41) is 18.7. The number of nitrogen functional groups attached to an aromatic ring is 1. The number of piperazine rings is 1. The van der Waals surface area contributed by atoms with E-state index in [1.165, 1.54) is 0 Å². The lowest BCUT2D eigenvalue weighted by Gasteiger charge is -2.42. The van der Waals surface area contributed by atoms with Gasteiger partial charge in [0.05, 0.1) is 23.9 Å². The number of carbonyl (C=O) groups excluding carboxylic acids is 1. The monoisotopic (exact) mass is 543 g/mol. The molecule has 1 aromatic carbocycles. The molecule has 40 heavy (non-hydrogen) atoms. The molecule has 10 heteroatoms. The number of nitrogens with zero attached hydrogens (tertiary/aromatic N) is 6. The number of ether oxygens (including phenoxy) is 1. The Morgan fingerprint density at radius 3 is 2.40 bits per heavy atom. The van der Waals surface area contributed by atoms with Gasteiger partial charge in [0.25, 0.3) is 0 Å². The van der Waals surface area contributed by atoms with Crippen molar-refractivity contribution in [3.05, 3.63) is 48.3 Å². The Labute approximate surface area is 234 Å². The Morgan fingerprint density at radius 2 is 1.73 bits per heavy atom. The van der Waals surface area contributed by atoms with Gasteiger partial charge in [-0.1, -0.05) is 12.1 Å².